The Morgan fingerprint density at radius 1 is 1.02 bits per heavy atom. The molecule has 1 fully saturated rings. The van der Waals surface area contributed by atoms with Crippen LogP contribution in [-0.4, -0.2) is 46.6 Å². The first-order chi connectivity index (χ1) is 24.3. The van der Waals surface area contributed by atoms with Gasteiger partial charge in [0.25, 0.3) is 5.91 Å². The topological polar surface area (TPSA) is 102 Å². The normalized spacial score (nSPS) is 14.2. The first kappa shape index (κ1) is 37.0. The van der Waals surface area contributed by atoms with Gasteiger partial charge in [-0.1, -0.05) is 18.2 Å². The van der Waals surface area contributed by atoms with Gasteiger partial charge in [-0.05, 0) is 101 Å². The van der Waals surface area contributed by atoms with Crippen molar-refractivity contribution in [1.29, 1.82) is 0 Å². The average molecular weight is 719 g/mol. The number of aryl methyl sites for hydroxylation is 2. The van der Waals surface area contributed by atoms with E-state index >= 15 is 0 Å². The Balaban J connectivity index is 1.62. The van der Waals surface area contributed by atoms with Crippen molar-refractivity contribution in [2.45, 2.75) is 71.6 Å². The fourth-order valence-electron chi connectivity index (χ4n) is 5.85. The molecule has 0 unspecified atom stereocenters. The molecule has 1 atom stereocenters. The maximum atomic E-state index is 13.9. The number of thiophene rings is 1. The van der Waals surface area contributed by atoms with Crippen molar-refractivity contribution in [2.75, 3.05) is 13.2 Å². The Bertz CT molecular complexity index is 1980. The number of ether oxygens (including phenoxy) is 2. The van der Waals surface area contributed by atoms with Crippen LogP contribution in [0.25, 0.3) is 15.3 Å². The van der Waals surface area contributed by atoms with E-state index in [1.807, 2.05) is 0 Å². The lowest BCUT2D eigenvalue weighted by atomic mass is 9.94. The molecule has 2 aromatic carbocycles. The minimum atomic E-state index is -1.03. The summed E-state index contributed by atoms with van der Waals surface area (Å²) in [6, 6.07) is 11.8. The second kappa shape index (κ2) is 15.8. The molecule has 1 aliphatic heterocycles. The summed E-state index contributed by atoms with van der Waals surface area (Å²) in [4.78, 5) is 51.5. The van der Waals surface area contributed by atoms with E-state index in [1.54, 1.807) is 52.0 Å². The number of esters is 1. The van der Waals surface area contributed by atoms with Crippen molar-refractivity contribution in [3.8, 4) is 10.4 Å². The average Bonchev–Trinajstić information content (AvgIpc) is 3.78. The number of likely N-dealkylation sites (tertiary alicyclic amines) is 1. The van der Waals surface area contributed by atoms with Crippen LogP contribution in [0.4, 0.5) is 23.7 Å². The first-order valence-corrected chi connectivity index (χ1v) is 17.3. The molecule has 1 N–H and O–H groups in total. The third-order valence-corrected chi connectivity index (χ3v) is 9.24. The zero-order chi connectivity index (χ0) is 36.9. The van der Waals surface area contributed by atoms with Crippen molar-refractivity contribution >= 4 is 35.0 Å². The molecule has 1 aliphatic rings. The zero-order valence-corrected chi connectivity index (χ0v) is 29.5. The Kier molecular flexibility index (Phi) is 11.5. The Morgan fingerprint density at radius 3 is 2.41 bits per heavy atom. The van der Waals surface area contributed by atoms with Crippen LogP contribution in [0.1, 0.15) is 89.1 Å². The number of aromatic nitrogens is 1. The molecular formula is C38H37F3N4O5S. The molecule has 3 heterocycles. The minimum Gasteiger partial charge on any atom is -0.462 e. The molecule has 0 bridgehead atoms. The van der Waals surface area contributed by atoms with E-state index in [0.29, 0.717) is 41.9 Å². The van der Waals surface area contributed by atoms with Crippen LogP contribution >= 0.6 is 11.3 Å². The number of hydrogen-bond acceptors (Lipinski definition) is 7. The van der Waals surface area contributed by atoms with Crippen LogP contribution in [0.5, 0.6) is 0 Å². The Hall–Kier alpha value is -5.22. The summed E-state index contributed by atoms with van der Waals surface area (Å²) in [7, 11) is 0. The molecule has 0 aliphatic carbocycles. The molecule has 266 valence electrons. The van der Waals surface area contributed by atoms with Gasteiger partial charge in [0, 0.05) is 29.2 Å². The van der Waals surface area contributed by atoms with E-state index in [0.717, 1.165) is 29.0 Å². The number of halogens is 3. The molecule has 2 amide bonds. The number of hydrogen-bond donors (Lipinski definition) is 1. The molecule has 4 aromatic rings. The zero-order valence-electron chi connectivity index (χ0n) is 28.6. The van der Waals surface area contributed by atoms with Gasteiger partial charge >= 0.3 is 12.1 Å². The largest absolute Gasteiger partial charge is 0.462 e. The first-order valence-electron chi connectivity index (χ1n) is 16.5. The van der Waals surface area contributed by atoms with Crippen molar-refractivity contribution < 1.29 is 37.0 Å². The number of rotatable bonds is 10. The fourth-order valence-corrected chi connectivity index (χ4v) is 6.82. The molecule has 0 spiro atoms. The Morgan fingerprint density at radius 2 is 1.75 bits per heavy atom. The van der Waals surface area contributed by atoms with Crippen LogP contribution < -0.4 is 5.32 Å². The van der Waals surface area contributed by atoms with Crippen LogP contribution in [0, 0.1) is 24.0 Å². The summed E-state index contributed by atoms with van der Waals surface area (Å²) in [5, 5.41) is 2.69. The standard InChI is InChI=1S/C38H37F3N4O5S/c1-6-49-36(47)32-31(29-17-18-30(51-29)35(46)43-21-23-11-15-25(40)26(41)20-23)33(42-5)27(16-12-22-9-13-24(39)14-10-22)44-34(32)28-8-7-19-45(28)37(48)50-38(2,3)4/h9-11,13-15,17-18,20,28H,6-8,12,16,19,21H2,1-4H3,(H,43,46)/t28-/m0/s1. The van der Waals surface area contributed by atoms with Crippen LogP contribution in [0.2, 0.25) is 0 Å². The summed E-state index contributed by atoms with van der Waals surface area (Å²) in [5.41, 5.74) is 1.33. The SMILES string of the molecule is [C-]#[N+]c1c(CCc2ccc(F)cc2)nc([C@@H]2CCCN2C(=O)OC(C)(C)C)c(C(=O)OCC)c1-c1ccc(C(=O)NCc2ccc(F)c(F)c2)s1. The van der Waals surface area contributed by atoms with Crippen LogP contribution in [0.15, 0.2) is 54.6 Å². The second-order valence-corrected chi connectivity index (χ2v) is 14.0. The van der Waals surface area contributed by atoms with Gasteiger partial charge in [-0.15, -0.1) is 11.3 Å². The number of carbonyl (C=O) groups is 3. The third-order valence-electron chi connectivity index (χ3n) is 8.14. The highest BCUT2D eigenvalue weighted by Crippen LogP contribution is 2.45. The highest BCUT2D eigenvalue weighted by atomic mass is 32.1. The molecule has 13 heteroatoms. The van der Waals surface area contributed by atoms with E-state index in [-0.39, 0.29) is 52.8 Å². The summed E-state index contributed by atoms with van der Waals surface area (Å²) in [6.45, 7) is 15.5. The highest BCUT2D eigenvalue weighted by Gasteiger charge is 2.39. The highest BCUT2D eigenvalue weighted by molar-refractivity contribution is 7.17. The summed E-state index contributed by atoms with van der Waals surface area (Å²) in [5.74, 6) is -3.65. The van der Waals surface area contributed by atoms with Gasteiger partial charge in [-0.3, -0.25) is 14.7 Å². The van der Waals surface area contributed by atoms with E-state index in [9.17, 15) is 27.6 Å². The number of nitrogens with zero attached hydrogens (tertiary/aromatic N) is 3. The molecule has 51 heavy (non-hydrogen) atoms. The van der Waals surface area contributed by atoms with Crippen molar-refractivity contribution in [1.82, 2.24) is 15.2 Å². The minimum absolute atomic E-state index is 0.0180. The quantitative estimate of drug-likeness (QED) is 0.130. The molecule has 2 aromatic heterocycles. The molecule has 0 radical (unpaired) electrons. The smallest absolute Gasteiger partial charge is 0.410 e. The molecule has 9 nitrogen and oxygen atoms in total. The molecule has 0 saturated carbocycles. The number of carbonyl (C=O) groups excluding carboxylic acids is 3. The lowest BCUT2D eigenvalue weighted by Gasteiger charge is -2.30. The van der Waals surface area contributed by atoms with Crippen molar-refractivity contribution in [3.05, 3.63) is 116 Å². The van der Waals surface area contributed by atoms with Gasteiger partial charge in [0.05, 0.1) is 35.4 Å². The maximum Gasteiger partial charge on any atom is 0.410 e. The van der Waals surface area contributed by atoms with Crippen molar-refractivity contribution in [3.63, 3.8) is 0 Å². The second-order valence-electron chi connectivity index (χ2n) is 12.9. The van der Waals surface area contributed by atoms with Gasteiger partial charge in [0.15, 0.2) is 11.6 Å². The van der Waals surface area contributed by atoms with Crippen molar-refractivity contribution in [2.24, 2.45) is 0 Å². The van der Waals surface area contributed by atoms with Crippen LogP contribution in [-0.2, 0) is 28.9 Å². The van der Waals surface area contributed by atoms with E-state index in [4.69, 9.17) is 21.0 Å². The van der Waals surface area contributed by atoms with Crippen LogP contribution in [0.3, 0.4) is 0 Å². The molecular weight excluding hydrogens is 682 g/mol. The number of nitrogens with one attached hydrogen (secondary N) is 1. The third kappa shape index (κ3) is 8.75. The number of benzene rings is 2. The predicted octanol–water partition coefficient (Wildman–Crippen LogP) is 8.74. The maximum absolute atomic E-state index is 13.9. The monoisotopic (exact) mass is 718 g/mol. The van der Waals surface area contributed by atoms with Gasteiger partial charge in [-0.2, -0.15) is 0 Å². The van der Waals surface area contributed by atoms with E-state index in [1.165, 1.54) is 23.1 Å². The Labute approximate surface area is 298 Å². The van der Waals surface area contributed by atoms with Gasteiger partial charge in [0.2, 0.25) is 5.69 Å². The van der Waals surface area contributed by atoms with Gasteiger partial charge in [-0.25, -0.2) is 27.6 Å². The summed E-state index contributed by atoms with van der Waals surface area (Å²) < 4.78 is 52.0. The van der Waals surface area contributed by atoms with Gasteiger partial charge in [0.1, 0.15) is 11.4 Å². The predicted molar refractivity (Wildman–Crippen MR) is 186 cm³/mol. The number of pyridine rings is 1. The molecule has 5 rings (SSSR count). The summed E-state index contributed by atoms with van der Waals surface area (Å²) in [6.07, 6.45) is 1.16. The lowest BCUT2D eigenvalue weighted by Crippen LogP contribution is -2.37. The number of amides is 2. The van der Waals surface area contributed by atoms with E-state index in [2.05, 4.69) is 10.2 Å². The van der Waals surface area contributed by atoms with Gasteiger partial charge < -0.3 is 14.8 Å². The summed E-state index contributed by atoms with van der Waals surface area (Å²) >= 11 is 1.03. The lowest BCUT2D eigenvalue weighted by molar-refractivity contribution is 0.0217. The van der Waals surface area contributed by atoms with E-state index < -0.39 is 41.2 Å². The molecule has 1 saturated heterocycles. The fraction of sp³-hybridized carbons (Fsp3) is 0.342.